The van der Waals surface area contributed by atoms with Gasteiger partial charge in [0, 0.05) is 32.0 Å². The third-order valence-corrected chi connectivity index (χ3v) is 4.90. The molecule has 2 saturated heterocycles. The third kappa shape index (κ3) is 4.04. The summed E-state index contributed by atoms with van der Waals surface area (Å²) in [5.41, 5.74) is -0.422. The van der Waals surface area contributed by atoms with Crippen LogP contribution < -0.4 is 10.6 Å². The van der Waals surface area contributed by atoms with Crippen LogP contribution in [-0.2, 0) is 9.47 Å². The number of urea groups is 1. The molecule has 9 nitrogen and oxygen atoms in total. The van der Waals surface area contributed by atoms with E-state index >= 15 is 0 Å². The monoisotopic (exact) mass is 351 g/mol. The number of nitrogens with zero attached hydrogens (tertiary/aromatic N) is 3. The lowest BCUT2D eigenvalue weighted by molar-refractivity contribution is -0.0530. The van der Waals surface area contributed by atoms with Gasteiger partial charge in [0.05, 0.1) is 26.4 Å². The van der Waals surface area contributed by atoms with E-state index in [-0.39, 0.29) is 6.03 Å². The van der Waals surface area contributed by atoms with Crippen LogP contribution in [0, 0.1) is 12.8 Å². The zero-order valence-electron chi connectivity index (χ0n) is 14.5. The second kappa shape index (κ2) is 6.80. The fraction of sp³-hybridized carbons (Fsp3) is 0.812. The normalized spacial score (nSPS) is 29.6. The Hall–Kier alpha value is -1.87. The molecule has 25 heavy (non-hydrogen) atoms. The van der Waals surface area contributed by atoms with E-state index in [1.807, 2.05) is 4.90 Å². The molecule has 1 aliphatic carbocycles. The molecule has 4 rings (SSSR count). The Morgan fingerprint density at radius 3 is 3.04 bits per heavy atom. The average Bonchev–Trinajstić information content (AvgIpc) is 3.22. The Balaban J connectivity index is 1.33. The molecule has 0 unspecified atom stereocenters. The minimum absolute atomic E-state index is 0.00103. The molecular weight excluding hydrogens is 326 g/mol. The van der Waals surface area contributed by atoms with E-state index in [9.17, 15) is 4.79 Å². The van der Waals surface area contributed by atoms with Gasteiger partial charge in [0.1, 0.15) is 5.60 Å². The summed E-state index contributed by atoms with van der Waals surface area (Å²) < 4.78 is 17.2. The highest BCUT2D eigenvalue weighted by atomic mass is 16.5. The average molecular weight is 351 g/mol. The zero-order valence-corrected chi connectivity index (χ0v) is 14.5. The number of hydrogen-bond donors (Lipinski definition) is 2. The van der Waals surface area contributed by atoms with Gasteiger partial charge >= 0.3 is 12.0 Å². The van der Waals surface area contributed by atoms with Crippen molar-refractivity contribution in [2.45, 2.75) is 37.8 Å². The Bertz CT molecular complexity index is 619. The lowest BCUT2D eigenvalue weighted by Crippen LogP contribution is -2.50. The molecule has 2 N–H and O–H groups in total. The van der Waals surface area contributed by atoms with Crippen LogP contribution in [-0.4, -0.2) is 72.2 Å². The minimum atomic E-state index is -0.422. The highest BCUT2D eigenvalue weighted by molar-refractivity contribution is 5.75. The number of ether oxygens (including phenoxy) is 2. The van der Waals surface area contributed by atoms with Crippen molar-refractivity contribution in [3.8, 4) is 0 Å². The van der Waals surface area contributed by atoms with E-state index in [1.54, 1.807) is 6.92 Å². The number of hydrogen-bond acceptors (Lipinski definition) is 7. The van der Waals surface area contributed by atoms with E-state index in [2.05, 4.69) is 20.8 Å². The maximum atomic E-state index is 12.4. The summed E-state index contributed by atoms with van der Waals surface area (Å²) in [4.78, 5) is 14.2. The highest BCUT2D eigenvalue weighted by Crippen LogP contribution is 2.33. The van der Waals surface area contributed by atoms with Gasteiger partial charge in [0.15, 0.2) is 0 Å². The van der Waals surface area contributed by atoms with Crippen LogP contribution in [0.2, 0.25) is 0 Å². The van der Waals surface area contributed by atoms with Gasteiger partial charge in [-0.05, 0) is 19.3 Å². The lowest BCUT2D eigenvalue weighted by Gasteiger charge is -2.31. The molecule has 3 aliphatic rings. The van der Waals surface area contributed by atoms with Gasteiger partial charge in [0.2, 0.25) is 5.89 Å². The Labute approximate surface area is 146 Å². The first-order valence-electron chi connectivity index (χ1n) is 8.93. The number of amides is 2. The van der Waals surface area contributed by atoms with E-state index in [1.165, 1.54) is 0 Å². The second-order valence-electron chi connectivity index (χ2n) is 7.27. The first-order valence-corrected chi connectivity index (χ1v) is 8.93. The topological polar surface area (TPSA) is 102 Å². The molecule has 2 aliphatic heterocycles. The van der Waals surface area contributed by atoms with E-state index < -0.39 is 5.60 Å². The summed E-state index contributed by atoms with van der Waals surface area (Å²) in [7, 11) is 0. The molecule has 9 heteroatoms. The first-order chi connectivity index (χ1) is 12.1. The molecule has 0 aromatic carbocycles. The van der Waals surface area contributed by atoms with Crippen LogP contribution in [0.25, 0.3) is 0 Å². The minimum Gasteiger partial charge on any atom is -0.408 e. The van der Waals surface area contributed by atoms with Crippen LogP contribution in [0.1, 0.15) is 25.2 Å². The van der Waals surface area contributed by atoms with Crippen molar-refractivity contribution >= 4 is 12.0 Å². The van der Waals surface area contributed by atoms with Crippen molar-refractivity contribution in [3.63, 3.8) is 0 Å². The molecule has 1 spiro atoms. The second-order valence-corrected chi connectivity index (χ2v) is 7.27. The van der Waals surface area contributed by atoms with E-state index in [0.717, 1.165) is 19.3 Å². The van der Waals surface area contributed by atoms with Crippen molar-refractivity contribution in [2.24, 2.45) is 5.92 Å². The molecule has 138 valence electrons. The smallest absolute Gasteiger partial charge is 0.317 e. The highest BCUT2D eigenvalue weighted by Gasteiger charge is 2.44. The maximum absolute atomic E-state index is 12.4. The van der Waals surface area contributed by atoms with Gasteiger partial charge < -0.3 is 29.4 Å². The third-order valence-electron chi connectivity index (χ3n) is 4.90. The van der Waals surface area contributed by atoms with Gasteiger partial charge in [0.25, 0.3) is 0 Å². The number of aromatic nitrogens is 2. The summed E-state index contributed by atoms with van der Waals surface area (Å²) in [5.74, 6) is 0.846. The molecular formula is C16H25N5O4. The van der Waals surface area contributed by atoms with Crippen molar-refractivity contribution < 1.29 is 18.7 Å². The molecule has 3 fully saturated rings. The number of carbonyl (C=O) groups is 1. The molecule has 0 radical (unpaired) electrons. The van der Waals surface area contributed by atoms with Gasteiger partial charge in [-0.25, -0.2) is 4.79 Å². The predicted octanol–water partition coefficient (Wildman–Crippen LogP) is 0.769. The Kier molecular flexibility index (Phi) is 4.51. The van der Waals surface area contributed by atoms with E-state index in [4.69, 9.17) is 13.9 Å². The fourth-order valence-corrected chi connectivity index (χ4v) is 3.45. The number of anilines is 1. The van der Waals surface area contributed by atoms with Crippen LogP contribution in [0.15, 0.2) is 4.42 Å². The number of rotatable bonds is 4. The summed E-state index contributed by atoms with van der Waals surface area (Å²) in [5, 5.41) is 14.0. The van der Waals surface area contributed by atoms with Crippen LogP contribution in [0.3, 0.4) is 0 Å². The summed E-state index contributed by atoms with van der Waals surface area (Å²) >= 11 is 0. The predicted molar refractivity (Wildman–Crippen MR) is 88.3 cm³/mol. The van der Waals surface area contributed by atoms with Crippen LogP contribution in [0.5, 0.6) is 0 Å². The van der Waals surface area contributed by atoms with Gasteiger partial charge in [-0.1, -0.05) is 5.10 Å². The molecule has 1 aromatic heterocycles. The van der Waals surface area contributed by atoms with Crippen molar-refractivity contribution in [3.05, 3.63) is 5.89 Å². The molecule has 3 heterocycles. The van der Waals surface area contributed by atoms with Crippen molar-refractivity contribution in [1.82, 2.24) is 20.4 Å². The van der Waals surface area contributed by atoms with Crippen molar-refractivity contribution in [1.29, 1.82) is 0 Å². The first kappa shape index (κ1) is 16.6. The van der Waals surface area contributed by atoms with Crippen molar-refractivity contribution in [2.75, 3.05) is 44.8 Å². The molecule has 0 bridgehead atoms. The number of nitrogens with one attached hydrogen (secondary N) is 2. The zero-order chi connectivity index (χ0) is 17.3. The summed E-state index contributed by atoms with van der Waals surface area (Å²) in [6.45, 7) is 5.33. The summed E-state index contributed by atoms with van der Waals surface area (Å²) in [6.07, 6.45) is 3.00. The standard InChI is InChI=1S/C16H25N5O4/c1-11-19-20-14(25-11)17-7-12-6-16(24-8-12)9-21(4-5-23-10-16)15(22)18-13-2-3-13/h12-13H,2-10H2,1H3,(H,17,20)(H,18,22)/t12-,16+/m0/s1. The van der Waals surface area contributed by atoms with Crippen LogP contribution in [0.4, 0.5) is 10.8 Å². The Morgan fingerprint density at radius 2 is 2.28 bits per heavy atom. The number of carbonyl (C=O) groups excluding carboxylic acids is 1. The van der Waals surface area contributed by atoms with Gasteiger partial charge in [-0.15, -0.1) is 5.10 Å². The van der Waals surface area contributed by atoms with Gasteiger partial charge in [-0.3, -0.25) is 0 Å². The van der Waals surface area contributed by atoms with Crippen LogP contribution >= 0.6 is 0 Å². The molecule has 2 amide bonds. The molecule has 2 atom stereocenters. The maximum Gasteiger partial charge on any atom is 0.317 e. The fourth-order valence-electron chi connectivity index (χ4n) is 3.45. The van der Waals surface area contributed by atoms with E-state index in [0.29, 0.717) is 63.3 Å². The summed E-state index contributed by atoms with van der Waals surface area (Å²) in [6, 6.07) is 0.784. The molecule has 1 saturated carbocycles. The largest absolute Gasteiger partial charge is 0.408 e. The lowest BCUT2D eigenvalue weighted by atomic mass is 9.94. The SMILES string of the molecule is Cc1nnc(NC[C@H]2CO[C@]3(COCCN(C(=O)NC4CC4)C3)C2)o1. The Morgan fingerprint density at radius 1 is 1.40 bits per heavy atom. The quantitative estimate of drug-likeness (QED) is 0.826. The van der Waals surface area contributed by atoms with Gasteiger partial charge in [-0.2, -0.15) is 0 Å². The molecule has 1 aromatic rings. The number of aryl methyl sites for hydroxylation is 1.